The third kappa shape index (κ3) is 4.58. The van der Waals surface area contributed by atoms with Crippen LogP contribution in [-0.2, 0) is 4.74 Å². The van der Waals surface area contributed by atoms with Crippen LogP contribution in [-0.4, -0.2) is 40.8 Å². The third-order valence-electron chi connectivity index (χ3n) is 3.64. The van der Waals surface area contributed by atoms with Gasteiger partial charge in [-0.1, -0.05) is 0 Å². The van der Waals surface area contributed by atoms with Crippen molar-refractivity contribution in [3.63, 3.8) is 0 Å². The van der Waals surface area contributed by atoms with Crippen LogP contribution in [0.2, 0.25) is 0 Å². The summed E-state index contributed by atoms with van der Waals surface area (Å²) in [5, 5.41) is 2.94. The minimum absolute atomic E-state index is 0.0637. The van der Waals surface area contributed by atoms with E-state index in [-0.39, 0.29) is 12.1 Å². The highest BCUT2D eigenvalue weighted by atomic mass is 16.6. The van der Waals surface area contributed by atoms with Crippen LogP contribution in [0.3, 0.4) is 0 Å². The number of nitrogens with zero attached hydrogens (tertiary/aromatic N) is 3. The lowest BCUT2D eigenvalue weighted by Gasteiger charge is -2.33. The van der Waals surface area contributed by atoms with Crippen LogP contribution in [0.1, 0.15) is 44.9 Å². The SMILES string of the molecule is Cc1cnc(N2CCC[C@@H](NC(=O)OC(C)(C)C)C2)nc1C. The van der Waals surface area contributed by atoms with E-state index >= 15 is 0 Å². The van der Waals surface area contributed by atoms with E-state index in [9.17, 15) is 4.79 Å². The Labute approximate surface area is 132 Å². The Balaban J connectivity index is 1.96. The van der Waals surface area contributed by atoms with E-state index < -0.39 is 5.60 Å². The van der Waals surface area contributed by atoms with Crippen molar-refractivity contribution in [1.29, 1.82) is 0 Å². The van der Waals surface area contributed by atoms with Gasteiger partial charge in [0.15, 0.2) is 0 Å². The molecule has 22 heavy (non-hydrogen) atoms. The molecular weight excluding hydrogens is 280 g/mol. The van der Waals surface area contributed by atoms with Crippen LogP contribution >= 0.6 is 0 Å². The summed E-state index contributed by atoms with van der Waals surface area (Å²) in [5.74, 6) is 0.735. The van der Waals surface area contributed by atoms with Crippen molar-refractivity contribution >= 4 is 12.0 Å². The fourth-order valence-corrected chi connectivity index (χ4v) is 2.42. The van der Waals surface area contributed by atoms with Gasteiger partial charge in [-0.3, -0.25) is 0 Å². The fourth-order valence-electron chi connectivity index (χ4n) is 2.42. The second kappa shape index (κ2) is 6.50. The van der Waals surface area contributed by atoms with Crippen molar-refractivity contribution in [2.75, 3.05) is 18.0 Å². The number of aromatic nitrogens is 2. The monoisotopic (exact) mass is 306 g/mol. The Kier molecular flexibility index (Phi) is 4.88. The molecule has 0 spiro atoms. The molecule has 0 radical (unpaired) electrons. The summed E-state index contributed by atoms with van der Waals surface area (Å²) < 4.78 is 5.32. The number of amides is 1. The lowest BCUT2D eigenvalue weighted by molar-refractivity contribution is 0.0500. The highest BCUT2D eigenvalue weighted by molar-refractivity contribution is 5.68. The maximum Gasteiger partial charge on any atom is 0.407 e. The summed E-state index contributed by atoms with van der Waals surface area (Å²) in [4.78, 5) is 23.0. The van der Waals surface area contributed by atoms with E-state index in [1.807, 2.05) is 40.8 Å². The van der Waals surface area contributed by atoms with Crippen LogP contribution in [0.25, 0.3) is 0 Å². The predicted molar refractivity (Wildman–Crippen MR) is 86.1 cm³/mol. The molecule has 1 aliphatic rings. The zero-order chi connectivity index (χ0) is 16.3. The van der Waals surface area contributed by atoms with Crippen LogP contribution in [0.15, 0.2) is 6.20 Å². The molecule has 0 aromatic carbocycles. The topological polar surface area (TPSA) is 67.4 Å². The minimum Gasteiger partial charge on any atom is -0.444 e. The summed E-state index contributed by atoms with van der Waals surface area (Å²) in [6.45, 7) is 11.2. The van der Waals surface area contributed by atoms with Gasteiger partial charge in [-0.25, -0.2) is 14.8 Å². The summed E-state index contributed by atoms with van der Waals surface area (Å²) in [7, 11) is 0. The van der Waals surface area contributed by atoms with E-state index in [0.29, 0.717) is 6.54 Å². The van der Waals surface area contributed by atoms with Gasteiger partial charge in [-0.15, -0.1) is 0 Å². The van der Waals surface area contributed by atoms with Crippen LogP contribution in [0.5, 0.6) is 0 Å². The van der Waals surface area contributed by atoms with Crippen molar-refractivity contribution < 1.29 is 9.53 Å². The zero-order valence-electron chi connectivity index (χ0n) is 14.1. The van der Waals surface area contributed by atoms with E-state index in [1.165, 1.54) is 0 Å². The number of hydrogen-bond acceptors (Lipinski definition) is 5. The number of ether oxygens (including phenoxy) is 1. The number of piperidine rings is 1. The van der Waals surface area contributed by atoms with Crippen LogP contribution in [0, 0.1) is 13.8 Å². The molecule has 1 N–H and O–H groups in total. The van der Waals surface area contributed by atoms with Gasteiger partial charge in [0.25, 0.3) is 0 Å². The van der Waals surface area contributed by atoms with Gasteiger partial charge in [0.1, 0.15) is 5.60 Å². The largest absolute Gasteiger partial charge is 0.444 e. The van der Waals surface area contributed by atoms with E-state index in [0.717, 1.165) is 36.6 Å². The van der Waals surface area contributed by atoms with Crippen molar-refractivity contribution in [3.8, 4) is 0 Å². The maximum atomic E-state index is 11.9. The first kappa shape index (κ1) is 16.5. The molecular formula is C16H26N4O2. The van der Waals surface area contributed by atoms with Crippen LogP contribution in [0.4, 0.5) is 10.7 Å². The lowest BCUT2D eigenvalue weighted by Crippen LogP contribution is -2.49. The summed E-state index contributed by atoms with van der Waals surface area (Å²) in [5.41, 5.74) is 1.60. The minimum atomic E-state index is -0.477. The fraction of sp³-hybridized carbons (Fsp3) is 0.688. The average molecular weight is 306 g/mol. The van der Waals surface area contributed by atoms with Crippen molar-refractivity contribution in [1.82, 2.24) is 15.3 Å². The molecule has 1 aromatic heterocycles. The van der Waals surface area contributed by atoms with Crippen molar-refractivity contribution in [3.05, 3.63) is 17.5 Å². The molecule has 122 valence electrons. The van der Waals surface area contributed by atoms with Gasteiger partial charge < -0.3 is 15.0 Å². The Morgan fingerprint density at radius 3 is 2.77 bits per heavy atom. The highest BCUT2D eigenvalue weighted by Crippen LogP contribution is 2.17. The van der Waals surface area contributed by atoms with E-state index in [2.05, 4.69) is 20.2 Å². The number of hydrogen-bond donors (Lipinski definition) is 1. The van der Waals surface area contributed by atoms with E-state index in [4.69, 9.17) is 4.74 Å². The first-order valence-electron chi connectivity index (χ1n) is 7.79. The summed E-state index contributed by atoms with van der Waals surface area (Å²) >= 11 is 0. The molecule has 6 nitrogen and oxygen atoms in total. The Morgan fingerprint density at radius 2 is 2.14 bits per heavy atom. The molecule has 1 aromatic rings. The second-order valence-electron chi connectivity index (χ2n) is 6.87. The second-order valence-corrected chi connectivity index (χ2v) is 6.87. The summed E-state index contributed by atoms with van der Waals surface area (Å²) in [6.07, 6.45) is 3.43. The van der Waals surface area contributed by atoms with Gasteiger partial charge >= 0.3 is 6.09 Å². The summed E-state index contributed by atoms with van der Waals surface area (Å²) in [6, 6.07) is 0.0637. The van der Waals surface area contributed by atoms with E-state index in [1.54, 1.807) is 0 Å². The molecule has 1 amide bonds. The molecule has 0 aliphatic carbocycles. The number of anilines is 1. The molecule has 1 saturated heterocycles. The van der Waals surface area contributed by atoms with Gasteiger partial charge in [0.05, 0.1) is 0 Å². The molecule has 2 heterocycles. The number of rotatable bonds is 2. The maximum absolute atomic E-state index is 11.9. The molecule has 0 bridgehead atoms. The van der Waals surface area contributed by atoms with Gasteiger partial charge in [0, 0.05) is 31.0 Å². The van der Waals surface area contributed by atoms with Crippen LogP contribution < -0.4 is 10.2 Å². The number of carbonyl (C=O) groups is 1. The zero-order valence-corrected chi connectivity index (χ0v) is 14.1. The standard InChI is InChI=1S/C16H26N4O2/c1-11-9-17-14(18-12(11)2)20-8-6-7-13(10-20)19-15(21)22-16(3,4)5/h9,13H,6-8,10H2,1-5H3,(H,19,21)/t13-/m1/s1. The molecule has 6 heteroatoms. The number of nitrogens with one attached hydrogen (secondary N) is 1. The molecule has 2 rings (SSSR count). The molecule has 0 saturated carbocycles. The van der Waals surface area contributed by atoms with Gasteiger partial charge in [-0.2, -0.15) is 0 Å². The normalized spacial score (nSPS) is 19.0. The Hall–Kier alpha value is -1.85. The molecule has 0 unspecified atom stereocenters. The smallest absolute Gasteiger partial charge is 0.407 e. The Bertz CT molecular complexity index is 539. The lowest BCUT2D eigenvalue weighted by atomic mass is 10.1. The number of carbonyl (C=O) groups excluding carboxylic acids is 1. The number of aryl methyl sites for hydroxylation is 2. The average Bonchev–Trinajstić information content (AvgIpc) is 2.40. The third-order valence-corrected chi connectivity index (χ3v) is 3.64. The first-order chi connectivity index (χ1) is 10.2. The Morgan fingerprint density at radius 1 is 1.41 bits per heavy atom. The molecule has 1 atom stereocenters. The first-order valence-corrected chi connectivity index (χ1v) is 7.79. The quantitative estimate of drug-likeness (QED) is 0.909. The van der Waals surface area contributed by atoms with Crippen molar-refractivity contribution in [2.24, 2.45) is 0 Å². The van der Waals surface area contributed by atoms with Gasteiger partial charge in [-0.05, 0) is 53.0 Å². The molecule has 1 fully saturated rings. The number of alkyl carbamates (subject to hydrolysis) is 1. The highest BCUT2D eigenvalue weighted by Gasteiger charge is 2.25. The predicted octanol–water partition coefficient (Wildman–Crippen LogP) is 2.59. The van der Waals surface area contributed by atoms with Gasteiger partial charge in [0.2, 0.25) is 5.95 Å². The molecule has 1 aliphatic heterocycles. The van der Waals surface area contributed by atoms with Crippen molar-refractivity contribution in [2.45, 2.75) is 59.1 Å².